The molecule has 1 aliphatic rings. The van der Waals surface area contributed by atoms with Crippen LogP contribution in [0.5, 0.6) is 0 Å². The van der Waals surface area contributed by atoms with Crippen LogP contribution in [0.4, 0.5) is 11.6 Å². The smallest absolute Gasteiger partial charge is 0.137 e. The number of hydrogen-bond donors (Lipinski definition) is 1. The molecular weight excluding hydrogens is 248 g/mol. The third kappa shape index (κ3) is 3.05. The molecule has 0 saturated carbocycles. The summed E-state index contributed by atoms with van der Waals surface area (Å²) in [5.41, 5.74) is 1.27. The number of hydrogen-bond acceptors (Lipinski definition) is 4. The molecule has 0 aliphatic carbocycles. The van der Waals surface area contributed by atoms with Crippen LogP contribution in [-0.2, 0) is 0 Å². The first-order chi connectivity index (χ1) is 9.54. The van der Waals surface area contributed by atoms with Gasteiger partial charge in [-0.25, -0.2) is 9.97 Å². The molecule has 20 heavy (non-hydrogen) atoms. The van der Waals surface area contributed by atoms with Gasteiger partial charge in [-0.3, -0.25) is 0 Å². The van der Waals surface area contributed by atoms with Gasteiger partial charge in [0, 0.05) is 24.7 Å². The Morgan fingerprint density at radius 2 is 2.10 bits per heavy atom. The minimum atomic E-state index is 0.425. The van der Waals surface area contributed by atoms with E-state index in [0.29, 0.717) is 12.0 Å². The Hall–Kier alpha value is -1.32. The summed E-state index contributed by atoms with van der Waals surface area (Å²) >= 11 is 0. The minimum absolute atomic E-state index is 0.425. The molecule has 2 unspecified atom stereocenters. The van der Waals surface area contributed by atoms with E-state index in [4.69, 9.17) is 0 Å². The van der Waals surface area contributed by atoms with Gasteiger partial charge in [0.25, 0.3) is 0 Å². The highest BCUT2D eigenvalue weighted by atomic mass is 15.2. The van der Waals surface area contributed by atoms with Crippen LogP contribution >= 0.6 is 0 Å². The molecule has 1 saturated heterocycles. The predicted octanol–water partition coefficient (Wildman–Crippen LogP) is 3.66. The number of nitrogens with zero attached hydrogens (tertiary/aromatic N) is 3. The molecule has 4 nitrogen and oxygen atoms in total. The summed E-state index contributed by atoms with van der Waals surface area (Å²) in [7, 11) is 0. The van der Waals surface area contributed by atoms with E-state index in [9.17, 15) is 0 Å². The van der Waals surface area contributed by atoms with E-state index in [1.807, 2.05) is 0 Å². The van der Waals surface area contributed by atoms with Gasteiger partial charge in [-0.05, 0) is 31.6 Å². The average Bonchev–Trinajstić information content (AvgIpc) is 2.74. The normalized spacial score (nSPS) is 22.6. The number of rotatable bonds is 5. The van der Waals surface area contributed by atoms with E-state index in [1.165, 1.54) is 12.0 Å². The fourth-order valence-electron chi connectivity index (χ4n) is 3.13. The second-order valence-electron chi connectivity index (χ2n) is 6.38. The van der Waals surface area contributed by atoms with Crippen LogP contribution in [0.15, 0.2) is 6.33 Å². The van der Waals surface area contributed by atoms with Crippen LogP contribution in [0.2, 0.25) is 0 Å². The molecule has 0 radical (unpaired) electrons. The fourth-order valence-corrected chi connectivity index (χ4v) is 3.13. The van der Waals surface area contributed by atoms with Gasteiger partial charge in [0.1, 0.15) is 18.0 Å². The van der Waals surface area contributed by atoms with E-state index in [-0.39, 0.29) is 0 Å². The molecule has 2 heterocycles. The third-order valence-corrected chi connectivity index (χ3v) is 4.04. The van der Waals surface area contributed by atoms with Crippen LogP contribution in [0.25, 0.3) is 0 Å². The fraction of sp³-hybridized carbons (Fsp3) is 0.750. The molecule has 2 atom stereocenters. The maximum absolute atomic E-state index is 4.61. The highest BCUT2D eigenvalue weighted by Crippen LogP contribution is 2.35. The Kier molecular flexibility index (Phi) is 4.84. The van der Waals surface area contributed by atoms with E-state index < -0.39 is 0 Å². The number of nitrogens with one attached hydrogen (secondary N) is 1. The first-order valence-corrected chi connectivity index (χ1v) is 7.90. The lowest BCUT2D eigenvalue weighted by atomic mass is 10.0. The van der Waals surface area contributed by atoms with Crippen molar-refractivity contribution < 1.29 is 0 Å². The highest BCUT2D eigenvalue weighted by Gasteiger charge is 2.30. The van der Waals surface area contributed by atoms with Crippen LogP contribution in [-0.4, -0.2) is 29.1 Å². The maximum Gasteiger partial charge on any atom is 0.137 e. The molecule has 0 bridgehead atoms. The van der Waals surface area contributed by atoms with E-state index in [1.54, 1.807) is 6.33 Å². The van der Waals surface area contributed by atoms with Gasteiger partial charge in [-0.2, -0.15) is 0 Å². The number of aromatic nitrogens is 2. The van der Waals surface area contributed by atoms with Crippen molar-refractivity contribution in [1.82, 2.24) is 9.97 Å². The predicted molar refractivity (Wildman–Crippen MR) is 85.5 cm³/mol. The van der Waals surface area contributed by atoms with Gasteiger partial charge in [0.2, 0.25) is 0 Å². The second kappa shape index (κ2) is 6.42. The Morgan fingerprint density at radius 3 is 2.65 bits per heavy atom. The number of anilines is 2. The summed E-state index contributed by atoms with van der Waals surface area (Å²) in [5, 5.41) is 3.46. The van der Waals surface area contributed by atoms with Crippen LogP contribution in [0.1, 0.15) is 58.9 Å². The molecule has 1 fully saturated rings. The van der Waals surface area contributed by atoms with Gasteiger partial charge in [0.15, 0.2) is 0 Å². The first-order valence-electron chi connectivity index (χ1n) is 7.90. The molecular formula is C16H28N4. The summed E-state index contributed by atoms with van der Waals surface area (Å²) in [6, 6.07) is 0.566. The minimum Gasteiger partial charge on any atom is -0.370 e. The molecule has 2 rings (SSSR count). The molecule has 1 aliphatic heterocycles. The van der Waals surface area contributed by atoms with Crippen molar-refractivity contribution in [3.63, 3.8) is 0 Å². The summed E-state index contributed by atoms with van der Waals surface area (Å²) in [5.74, 6) is 3.31. The lowest BCUT2D eigenvalue weighted by Gasteiger charge is -2.27. The molecule has 112 valence electrons. The van der Waals surface area contributed by atoms with Crippen LogP contribution < -0.4 is 10.2 Å². The summed E-state index contributed by atoms with van der Waals surface area (Å²) in [6.07, 6.45) is 4.06. The second-order valence-corrected chi connectivity index (χ2v) is 6.38. The van der Waals surface area contributed by atoms with Crippen molar-refractivity contribution in [2.75, 3.05) is 23.3 Å². The average molecular weight is 276 g/mol. The zero-order chi connectivity index (χ0) is 14.7. The van der Waals surface area contributed by atoms with Gasteiger partial charge in [-0.15, -0.1) is 0 Å². The van der Waals surface area contributed by atoms with E-state index in [0.717, 1.165) is 37.1 Å². The molecule has 1 N–H and O–H groups in total. The van der Waals surface area contributed by atoms with Crippen molar-refractivity contribution >= 4 is 11.6 Å². The molecule has 0 spiro atoms. The van der Waals surface area contributed by atoms with Gasteiger partial charge in [0.05, 0.1) is 0 Å². The molecule has 1 aromatic rings. The Morgan fingerprint density at radius 1 is 1.35 bits per heavy atom. The highest BCUT2D eigenvalue weighted by molar-refractivity contribution is 5.61. The van der Waals surface area contributed by atoms with E-state index in [2.05, 4.69) is 54.8 Å². The Bertz CT molecular complexity index is 444. The van der Waals surface area contributed by atoms with Crippen molar-refractivity contribution in [2.24, 2.45) is 5.92 Å². The molecule has 0 aromatic carbocycles. The Labute approximate surface area is 123 Å². The summed E-state index contributed by atoms with van der Waals surface area (Å²) in [6.45, 7) is 13.3. The zero-order valence-corrected chi connectivity index (χ0v) is 13.5. The van der Waals surface area contributed by atoms with Crippen molar-refractivity contribution in [2.45, 2.75) is 59.4 Å². The summed E-state index contributed by atoms with van der Waals surface area (Å²) < 4.78 is 0. The molecule has 0 amide bonds. The standard InChI is InChI=1S/C16H28N4/c1-6-7-17-15-14(11(2)3)16(19-10-18-15)20-9-12(4)8-13(20)5/h10-13H,6-9H2,1-5H3,(H,17,18,19). The summed E-state index contributed by atoms with van der Waals surface area (Å²) in [4.78, 5) is 11.5. The quantitative estimate of drug-likeness (QED) is 0.891. The maximum atomic E-state index is 4.61. The third-order valence-electron chi connectivity index (χ3n) is 4.04. The SMILES string of the molecule is CCCNc1ncnc(N2CC(C)CC2C)c1C(C)C. The lowest BCUT2D eigenvalue weighted by molar-refractivity contribution is 0.625. The van der Waals surface area contributed by atoms with Gasteiger partial charge in [-0.1, -0.05) is 27.7 Å². The lowest BCUT2D eigenvalue weighted by Crippen LogP contribution is -2.29. The molecule has 1 aromatic heterocycles. The topological polar surface area (TPSA) is 41.1 Å². The first kappa shape index (κ1) is 15.1. The Balaban J connectivity index is 2.36. The largest absolute Gasteiger partial charge is 0.370 e. The van der Waals surface area contributed by atoms with Crippen LogP contribution in [0.3, 0.4) is 0 Å². The monoisotopic (exact) mass is 276 g/mol. The molecule has 4 heteroatoms. The zero-order valence-electron chi connectivity index (χ0n) is 13.5. The van der Waals surface area contributed by atoms with Crippen molar-refractivity contribution in [3.8, 4) is 0 Å². The van der Waals surface area contributed by atoms with E-state index >= 15 is 0 Å². The van der Waals surface area contributed by atoms with Crippen molar-refractivity contribution in [1.29, 1.82) is 0 Å². The van der Waals surface area contributed by atoms with Crippen LogP contribution in [0, 0.1) is 5.92 Å². The van der Waals surface area contributed by atoms with Gasteiger partial charge < -0.3 is 10.2 Å². The van der Waals surface area contributed by atoms with Crippen molar-refractivity contribution in [3.05, 3.63) is 11.9 Å². The van der Waals surface area contributed by atoms with Gasteiger partial charge >= 0.3 is 0 Å².